The maximum atomic E-state index is 12.6. The summed E-state index contributed by atoms with van der Waals surface area (Å²) < 4.78 is 26.4. The van der Waals surface area contributed by atoms with Crippen molar-refractivity contribution in [2.45, 2.75) is 13.0 Å². The van der Waals surface area contributed by atoms with Crippen molar-refractivity contribution >= 4 is 27.5 Å². The molecule has 10 heteroatoms. The van der Waals surface area contributed by atoms with Gasteiger partial charge in [0.25, 0.3) is 5.91 Å². The Balaban J connectivity index is 2.16. The number of sulfonamides is 1. The summed E-state index contributed by atoms with van der Waals surface area (Å²) in [7, 11) is 1.05. The van der Waals surface area contributed by atoms with Crippen LogP contribution in [0.15, 0.2) is 0 Å². The third-order valence-corrected chi connectivity index (χ3v) is 6.44. The zero-order valence-corrected chi connectivity index (χ0v) is 15.1. The van der Waals surface area contributed by atoms with E-state index in [1.165, 1.54) is 23.7 Å². The van der Waals surface area contributed by atoms with Gasteiger partial charge in [-0.2, -0.15) is 5.10 Å². The maximum absolute atomic E-state index is 12.6. The number of hydrogen-bond acceptors (Lipinski definition) is 5. The van der Waals surface area contributed by atoms with E-state index in [2.05, 4.69) is 5.10 Å². The molecule has 23 heavy (non-hydrogen) atoms. The quantitative estimate of drug-likeness (QED) is 0.791. The van der Waals surface area contributed by atoms with E-state index in [9.17, 15) is 18.3 Å². The van der Waals surface area contributed by atoms with Gasteiger partial charge in [0, 0.05) is 40.2 Å². The average molecular weight is 365 g/mol. The second-order valence-electron chi connectivity index (χ2n) is 5.97. The number of rotatable bonds is 4. The summed E-state index contributed by atoms with van der Waals surface area (Å²) in [6, 6.07) is 0. The summed E-state index contributed by atoms with van der Waals surface area (Å²) in [4.78, 5) is 14.0. The Morgan fingerprint density at radius 1 is 1.43 bits per heavy atom. The van der Waals surface area contributed by atoms with Crippen LogP contribution in [0.1, 0.15) is 16.2 Å². The highest BCUT2D eigenvalue weighted by Gasteiger charge is 2.38. The van der Waals surface area contributed by atoms with Crippen molar-refractivity contribution in [1.29, 1.82) is 0 Å². The predicted octanol–water partition coefficient (Wildman–Crippen LogP) is -0.294. The fraction of sp³-hybridized carbons (Fsp3) is 0.692. The predicted molar refractivity (Wildman–Crippen MR) is 85.8 cm³/mol. The van der Waals surface area contributed by atoms with Crippen LogP contribution in [0.2, 0.25) is 5.02 Å². The van der Waals surface area contributed by atoms with E-state index in [0.717, 1.165) is 4.31 Å². The Hall–Kier alpha value is -1.16. The van der Waals surface area contributed by atoms with Crippen molar-refractivity contribution in [3.8, 4) is 0 Å². The summed E-state index contributed by atoms with van der Waals surface area (Å²) in [5, 5.41) is 14.5. The molecule has 0 aliphatic carbocycles. The minimum absolute atomic E-state index is 0.0764. The van der Waals surface area contributed by atoms with Crippen LogP contribution in [-0.2, 0) is 17.1 Å². The number of likely N-dealkylation sites (tertiary alicyclic amines) is 1. The first-order valence-corrected chi connectivity index (χ1v) is 9.10. The van der Waals surface area contributed by atoms with Crippen molar-refractivity contribution in [3.05, 3.63) is 16.4 Å². The third kappa shape index (κ3) is 3.52. The molecule has 0 saturated carbocycles. The van der Waals surface area contributed by atoms with E-state index >= 15 is 0 Å². The van der Waals surface area contributed by atoms with Crippen LogP contribution >= 0.6 is 11.6 Å². The van der Waals surface area contributed by atoms with Crippen LogP contribution in [0.25, 0.3) is 0 Å². The second kappa shape index (κ2) is 6.39. The highest BCUT2D eigenvalue weighted by molar-refractivity contribution is 7.89. The number of hydrogen-bond donors (Lipinski definition) is 1. The number of β-amino-alcohol motifs (C(OH)–C–C–N with tert-alkyl or cyclic N) is 1. The molecule has 1 saturated heterocycles. The van der Waals surface area contributed by atoms with Gasteiger partial charge in [0.2, 0.25) is 10.0 Å². The number of aryl methyl sites for hydroxylation is 2. The molecule has 1 aromatic rings. The lowest BCUT2D eigenvalue weighted by Gasteiger charge is -2.18. The molecule has 0 bridgehead atoms. The van der Waals surface area contributed by atoms with Crippen molar-refractivity contribution in [2.75, 3.05) is 32.9 Å². The molecule has 8 nitrogen and oxygen atoms in total. The lowest BCUT2D eigenvalue weighted by Crippen LogP contribution is -2.34. The minimum Gasteiger partial charge on any atom is -0.391 e. The number of amides is 1. The maximum Gasteiger partial charge on any atom is 0.273 e. The van der Waals surface area contributed by atoms with Gasteiger partial charge < -0.3 is 10.0 Å². The highest BCUT2D eigenvalue weighted by atomic mass is 35.5. The molecule has 1 fully saturated rings. The van der Waals surface area contributed by atoms with Gasteiger partial charge in [-0.05, 0) is 6.92 Å². The van der Waals surface area contributed by atoms with E-state index in [1.807, 2.05) is 0 Å². The number of aliphatic hydroxyl groups excluding tert-OH is 1. The van der Waals surface area contributed by atoms with Gasteiger partial charge in [-0.3, -0.25) is 9.48 Å². The summed E-state index contributed by atoms with van der Waals surface area (Å²) in [6.07, 6.45) is -0.887. The normalized spacial score (nSPS) is 22.1. The van der Waals surface area contributed by atoms with Crippen molar-refractivity contribution < 1.29 is 18.3 Å². The second-order valence-corrected chi connectivity index (χ2v) is 8.58. The first-order valence-electron chi connectivity index (χ1n) is 7.11. The summed E-state index contributed by atoms with van der Waals surface area (Å²) in [5.41, 5.74) is 0.788. The van der Waals surface area contributed by atoms with Gasteiger partial charge in [0.1, 0.15) is 5.69 Å². The Kier molecular flexibility index (Phi) is 5.05. The number of nitrogens with zero attached hydrogens (tertiary/aromatic N) is 4. The van der Waals surface area contributed by atoms with E-state index in [4.69, 9.17) is 11.6 Å². The Morgan fingerprint density at radius 3 is 2.52 bits per heavy atom. The van der Waals surface area contributed by atoms with Crippen LogP contribution in [-0.4, -0.2) is 77.5 Å². The molecule has 0 unspecified atom stereocenters. The zero-order chi connectivity index (χ0) is 17.5. The highest BCUT2D eigenvalue weighted by Crippen LogP contribution is 2.25. The minimum atomic E-state index is -3.45. The molecule has 0 aromatic carbocycles. The van der Waals surface area contributed by atoms with Crippen molar-refractivity contribution in [2.24, 2.45) is 13.0 Å². The van der Waals surface area contributed by atoms with Crippen LogP contribution in [0.5, 0.6) is 0 Å². The molecule has 2 atom stereocenters. The summed E-state index contributed by atoms with van der Waals surface area (Å²) in [5.74, 6) is -1.09. The van der Waals surface area contributed by atoms with Crippen molar-refractivity contribution in [1.82, 2.24) is 19.0 Å². The van der Waals surface area contributed by atoms with Gasteiger partial charge in [-0.1, -0.05) is 11.6 Å². The number of carbonyl (C=O) groups excluding carboxylic acids is 1. The number of carbonyl (C=O) groups is 1. The third-order valence-electron chi connectivity index (χ3n) is 4.03. The monoisotopic (exact) mass is 364 g/mol. The van der Waals surface area contributed by atoms with Gasteiger partial charge >= 0.3 is 0 Å². The number of aliphatic hydroxyl groups is 1. The Labute approximate surface area is 140 Å². The molecule has 0 radical (unpaired) electrons. The summed E-state index contributed by atoms with van der Waals surface area (Å²) >= 11 is 6.11. The molecule has 2 rings (SSSR count). The Bertz CT molecular complexity index is 716. The van der Waals surface area contributed by atoms with Gasteiger partial charge in [-0.15, -0.1) is 0 Å². The molecular weight excluding hydrogens is 344 g/mol. The fourth-order valence-electron chi connectivity index (χ4n) is 2.62. The zero-order valence-electron chi connectivity index (χ0n) is 13.5. The van der Waals surface area contributed by atoms with Gasteiger partial charge in [0.15, 0.2) is 0 Å². The first-order chi connectivity index (χ1) is 10.5. The topological polar surface area (TPSA) is 95.7 Å². The average Bonchev–Trinajstić information content (AvgIpc) is 2.90. The van der Waals surface area contributed by atoms with E-state index in [0.29, 0.717) is 5.69 Å². The smallest absolute Gasteiger partial charge is 0.273 e. The Morgan fingerprint density at radius 2 is 2.04 bits per heavy atom. The SMILES string of the molecule is Cc1nn(C)c(C(=O)N2C[C@@H](CS(=O)(=O)N(C)C)[C@@H](O)C2)c1Cl. The lowest BCUT2D eigenvalue weighted by atomic mass is 10.1. The molecule has 130 valence electrons. The van der Waals surface area contributed by atoms with Gasteiger partial charge in [0.05, 0.1) is 22.6 Å². The van der Waals surface area contributed by atoms with Gasteiger partial charge in [-0.25, -0.2) is 12.7 Å². The van der Waals surface area contributed by atoms with Crippen LogP contribution in [0, 0.1) is 12.8 Å². The first kappa shape index (κ1) is 18.2. The van der Waals surface area contributed by atoms with E-state index in [-0.39, 0.29) is 35.5 Å². The molecule has 2 heterocycles. The fourth-order valence-corrected chi connectivity index (χ4v) is 4.03. The molecule has 1 aliphatic heterocycles. The number of aromatic nitrogens is 2. The molecule has 1 aromatic heterocycles. The molecule has 1 N–H and O–H groups in total. The molecule has 1 aliphatic rings. The standard InChI is InChI=1S/C13H21ClN4O4S/c1-8-11(14)12(17(4)15-8)13(20)18-5-9(10(19)6-18)7-23(21,22)16(2)3/h9-10,19H,5-7H2,1-4H3/t9-,10-/m0/s1. The number of halogens is 1. The van der Waals surface area contributed by atoms with E-state index < -0.39 is 22.0 Å². The van der Waals surface area contributed by atoms with E-state index in [1.54, 1.807) is 14.0 Å². The largest absolute Gasteiger partial charge is 0.391 e. The summed E-state index contributed by atoms with van der Waals surface area (Å²) in [6.45, 7) is 1.94. The van der Waals surface area contributed by atoms with Crippen molar-refractivity contribution in [3.63, 3.8) is 0 Å². The van der Waals surface area contributed by atoms with Crippen LogP contribution in [0.3, 0.4) is 0 Å². The molecular formula is C13H21ClN4O4S. The van der Waals surface area contributed by atoms with Crippen LogP contribution in [0.4, 0.5) is 0 Å². The van der Waals surface area contributed by atoms with Crippen LogP contribution < -0.4 is 0 Å². The molecule has 1 amide bonds. The lowest BCUT2D eigenvalue weighted by molar-refractivity contribution is 0.0754. The molecule has 0 spiro atoms.